The summed E-state index contributed by atoms with van der Waals surface area (Å²) in [7, 11) is 0. The molecule has 1 aliphatic carbocycles. The van der Waals surface area contributed by atoms with Crippen LogP contribution in [0.3, 0.4) is 0 Å². The van der Waals surface area contributed by atoms with Crippen molar-refractivity contribution in [1.82, 2.24) is 0 Å². The molecule has 3 unspecified atom stereocenters. The summed E-state index contributed by atoms with van der Waals surface area (Å²) >= 11 is 2.60. The predicted octanol–water partition coefficient (Wildman–Crippen LogP) is 3.25. The zero-order chi connectivity index (χ0) is 6.85. The van der Waals surface area contributed by atoms with Crippen molar-refractivity contribution < 1.29 is 0 Å². The van der Waals surface area contributed by atoms with Crippen LogP contribution < -0.4 is 0 Å². The van der Waals surface area contributed by atoms with Crippen molar-refractivity contribution in [1.29, 1.82) is 0 Å². The molecule has 0 aromatic carbocycles. The maximum Gasteiger partial charge on any atom is 0.0138 e. The second kappa shape index (κ2) is 3.22. The SMILES string of the molecule is CC1CCCC(I)C1C. The molecule has 0 bridgehead atoms. The van der Waals surface area contributed by atoms with Crippen LogP contribution in [0.1, 0.15) is 33.1 Å². The molecule has 0 aliphatic heterocycles. The molecule has 54 valence electrons. The van der Waals surface area contributed by atoms with Crippen molar-refractivity contribution in [2.45, 2.75) is 37.0 Å². The first-order valence-electron chi connectivity index (χ1n) is 3.86. The van der Waals surface area contributed by atoms with Gasteiger partial charge in [0.1, 0.15) is 0 Å². The highest BCUT2D eigenvalue weighted by atomic mass is 127. The summed E-state index contributed by atoms with van der Waals surface area (Å²) in [6.45, 7) is 4.77. The second-order valence-corrected chi connectivity index (χ2v) is 4.88. The second-order valence-electron chi connectivity index (χ2n) is 3.28. The van der Waals surface area contributed by atoms with Gasteiger partial charge >= 0.3 is 0 Å². The summed E-state index contributed by atoms with van der Waals surface area (Å²) in [4.78, 5) is 0. The molecule has 0 nitrogen and oxygen atoms in total. The lowest BCUT2D eigenvalue weighted by atomic mass is 9.82. The van der Waals surface area contributed by atoms with Gasteiger partial charge in [0.2, 0.25) is 0 Å². The lowest BCUT2D eigenvalue weighted by Gasteiger charge is -2.30. The average molecular weight is 238 g/mol. The Morgan fingerprint density at radius 1 is 1.22 bits per heavy atom. The molecule has 1 saturated carbocycles. The summed E-state index contributed by atoms with van der Waals surface area (Å²) in [6, 6.07) is 0. The molecule has 0 amide bonds. The van der Waals surface area contributed by atoms with Crippen LogP contribution in [0, 0.1) is 11.8 Å². The Morgan fingerprint density at radius 2 is 1.89 bits per heavy atom. The van der Waals surface area contributed by atoms with Crippen molar-refractivity contribution in [3.63, 3.8) is 0 Å². The highest BCUT2D eigenvalue weighted by Crippen LogP contribution is 2.33. The standard InChI is InChI=1S/C8H15I/c1-6-4-3-5-8(9)7(6)2/h6-8H,3-5H2,1-2H3. The summed E-state index contributed by atoms with van der Waals surface area (Å²) in [5, 5.41) is 0. The van der Waals surface area contributed by atoms with E-state index in [9.17, 15) is 0 Å². The molecule has 0 N–H and O–H groups in total. The van der Waals surface area contributed by atoms with E-state index in [1.54, 1.807) is 0 Å². The van der Waals surface area contributed by atoms with Gasteiger partial charge in [-0.3, -0.25) is 0 Å². The van der Waals surface area contributed by atoms with Crippen molar-refractivity contribution in [2.24, 2.45) is 11.8 Å². The first-order valence-corrected chi connectivity index (χ1v) is 5.10. The van der Waals surface area contributed by atoms with Crippen LogP contribution >= 0.6 is 22.6 Å². The van der Waals surface area contributed by atoms with Crippen molar-refractivity contribution in [3.05, 3.63) is 0 Å². The number of rotatable bonds is 0. The van der Waals surface area contributed by atoms with Crippen molar-refractivity contribution in [3.8, 4) is 0 Å². The zero-order valence-electron chi connectivity index (χ0n) is 6.23. The van der Waals surface area contributed by atoms with Gasteiger partial charge in [-0.05, 0) is 18.3 Å². The summed E-state index contributed by atoms with van der Waals surface area (Å²) in [5.41, 5.74) is 0. The van der Waals surface area contributed by atoms with E-state index in [4.69, 9.17) is 0 Å². The largest absolute Gasteiger partial charge is 0.0823 e. The Hall–Kier alpha value is 0.730. The molecule has 0 saturated heterocycles. The van der Waals surface area contributed by atoms with E-state index in [0.717, 1.165) is 15.8 Å². The van der Waals surface area contributed by atoms with Crippen LogP contribution in [0.15, 0.2) is 0 Å². The smallest absolute Gasteiger partial charge is 0.0138 e. The molecular formula is C8H15I. The fourth-order valence-corrected chi connectivity index (χ4v) is 2.67. The fourth-order valence-electron chi connectivity index (χ4n) is 1.52. The van der Waals surface area contributed by atoms with Crippen LogP contribution in [-0.2, 0) is 0 Å². The van der Waals surface area contributed by atoms with Crippen LogP contribution in [-0.4, -0.2) is 3.92 Å². The van der Waals surface area contributed by atoms with E-state index in [2.05, 4.69) is 36.4 Å². The highest BCUT2D eigenvalue weighted by molar-refractivity contribution is 14.1. The van der Waals surface area contributed by atoms with E-state index in [0.29, 0.717) is 0 Å². The van der Waals surface area contributed by atoms with Gasteiger partial charge in [-0.15, -0.1) is 0 Å². The van der Waals surface area contributed by atoms with Gasteiger partial charge in [0, 0.05) is 3.92 Å². The molecule has 0 heterocycles. The van der Waals surface area contributed by atoms with Crippen LogP contribution in [0.4, 0.5) is 0 Å². The normalized spacial score (nSPS) is 45.0. The summed E-state index contributed by atoms with van der Waals surface area (Å²) in [6.07, 6.45) is 4.37. The Labute approximate surface area is 71.5 Å². The van der Waals surface area contributed by atoms with Crippen molar-refractivity contribution >= 4 is 22.6 Å². The van der Waals surface area contributed by atoms with Crippen LogP contribution in [0.5, 0.6) is 0 Å². The lowest BCUT2D eigenvalue weighted by molar-refractivity contribution is 0.295. The van der Waals surface area contributed by atoms with Gasteiger partial charge in [-0.25, -0.2) is 0 Å². The van der Waals surface area contributed by atoms with Gasteiger partial charge in [-0.2, -0.15) is 0 Å². The van der Waals surface area contributed by atoms with Gasteiger partial charge in [0.05, 0.1) is 0 Å². The molecule has 0 aromatic heterocycles. The maximum atomic E-state index is 2.60. The Bertz CT molecular complexity index is 80.6. The van der Waals surface area contributed by atoms with E-state index in [1.807, 2.05) is 0 Å². The minimum Gasteiger partial charge on any atom is -0.0823 e. The first-order chi connectivity index (χ1) is 4.22. The number of alkyl halides is 1. The topological polar surface area (TPSA) is 0 Å². The third-order valence-corrected chi connectivity index (χ3v) is 4.36. The van der Waals surface area contributed by atoms with E-state index < -0.39 is 0 Å². The summed E-state index contributed by atoms with van der Waals surface area (Å²) in [5.74, 6) is 1.93. The lowest BCUT2D eigenvalue weighted by Crippen LogP contribution is -2.23. The third-order valence-electron chi connectivity index (χ3n) is 2.61. The number of halogens is 1. The van der Waals surface area contributed by atoms with Gasteiger partial charge in [-0.1, -0.05) is 49.3 Å². The molecule has 1 aliphatic rings. The quantitative estimate of drug-likeness (QED) is 0.449. The molecule has 1 rings (SSSR count). The molecular weight excluding hydrogens is 223 g/mol. The first kappa shape index (κ1) is 7.83. The Kier molecular flexibility index (Phi) is 2.80. The van der Waals surface area contributed by atoms with Gasteiger partial charge in [0.25, 0.3) is 0 Å². The number of hydrogen-bond acceptors (Lipinski definition) is 0. The monoisotopic (exact) mass is 238 g/mol. The molecule has 1 heteroatoms. The minimum atomic E-state index is 0.950. The van der Waals surface area contributed by atoms with E-state index in [-0.39, 0.29) is 0 Å². The highest BCUT2D eigenvalue weighted by Gasteiger charge is 2.24. The molecule has 9 heavy (non-hydrogen) atoms. The molecule has 3 atom stereocenters. The zero-order valence-corrected chi connectivity index (χ0v) is 8.39. The van der Waals surface area contributed by atoms with Gasteiger partial charge < -0.3 is 0 Å². The molecule has 1 fully saturated rings. The maximum absolute atomic E-state index is 2.60. The third kappa shape index (κ3) is 1.82. The molecule has 0 aromatic rings. The summed E-state index contributed by atoms with van der Waals surface area (Å²) < 4.78 is 0.950. The molecule has 0 radical (unpaired) electrons. The Balaban J connectivity index is 2.41. The Morgan fingerprint density at radius 3 is 2.33 bits per heavy atom. The fraction of sp³-hybridized carbons (Fsp3) is 1.00. The molecule has 0 spiro atoms. The predicted molar refractivity (Wildman–Crippen MR) is 50.0 cm³/mol. The van der Waals surface area contributed by atoms with Gasteiger partial charge in [0.15, 0.2) is 0 Å². The average Bonchev–Trinajstić information content (AvgIpc) is 1.83. The minimum absolute atomic E-state index is 0.950. The van der Waals surface area contributed by atoms with E-state index in [1.165, 1.54) is 19.3 Å². The van der Waals surface area contributed by atoms with E-state index >= 15 is 0 Å². The van der Waals surface area contributed by atoms with Crippen molar-refractivity contribution in [2.75, 3.05) is 0 Å². The van der Waals surface area contributed by atoms with Crippen LogP contribution in [0.2, 0.25) is 0 Å². The van der Waals surface area contributed by atoms with Crippen LogP contribution in [0.25, 0.3) is 0 Å². The number of hydrogen-bond donors (Lipinski definition) is 0.